The highest BCUT2D eigenvalue weighted by Crippen LogP contribution is 2.30. The van der Waals surface area contributed by atoms with E-state index in [0.717, 1.165) is 4.31 Å². The van der Waals surface area contributed by atoms with Crippen molar-refractivity contribution in [1.29, 1.82) is 0 Å². The van der Waals surface area contributed by atoms with E-state index < -0.39 is 26.0 Å². The van der Waals surface area contributed by atoms with Crippen LogP contribution in [0.25, 0.3) is 0 Å². The molecular weight excluding hydrogens is 446 g/mol. The van der Waals surface area contributed by atoms with Crippen LogP contribution in [0.1, 0.15) is 22.5 Å². The maximum Gasteiger partial charge on any atom is 0.289 e. The Morgan fingerprint density at radius 1 is 1.10 bits per heavy atom. The van der Waals surface area contributed by atoms with E-state index in [1.165, 1.54) is 33.7 Å². The molecule has 10 nitrogen and oxygen atoms in total. The number of piperazine rings is 1. The predicted molar refractivity (Wildman–Crippen MR) is 110 cm³/mol. The van der Waals surface area contributed by atoms with Crippen molar-refractivity contribution in [2.45, 2.75) is 18.2 Å². The Hall–Kier alpha value is -2.70. The topological polar surface area (TPSA) is 125 Å². The van der Waals surface area contributed by atoms with E-state index in [1.807, 2.05) is 0 Å². The first-order valence-corrected chi connectivity index (χ1v) is 12.7. The van der Waals surface area contributed by atoms with E-state index in [0.29, 0.717) is 5.56 Å². The second-order valence-electron chi connectivity index (χ2n) is 7.35. The summed E-state index contributed by atoms with van der Waals surface area (Å²) in [6.07, 6.45) is 1.31. The van der Waals surface area contributed by atoms with Crippen LogP contribution >= 0.6 is 0 Å². The van der Waals surface area contributed by atoms with Crippen LogP contribution in [0, 0.1) is 6.92 Å². The lowest BCUT2D eigenvalue weighted by Gasteiger charge is -2.33. The first-order chi connectivity index (χ1) is 14.6. The van der Waals surface area contributed by atoms with Crippen molar-refractivity contribution in [2.75, 3.05) is 36.2 Å². The lowest BCUT2D eigenvalue weighted by molar-refractivity contribution is -0.116. The van der Waals surface area contributed by atoms with E-state index >= 15 is 0 Å². The molecule has 166 valence electrons. The van der Waals surface area contributed by atoms with Gasteiger partial charge < -0.3 is 9.32 Å². The van der Waals surface area contributed by atoms with E-state index in [9.17, 15) is 26.4 Å². The molecule has 0 unspecified atom stereocenters. The fourth-order valence-electron chi connectivity index (χ4n) is 3.74. The number of carbonyl (C=O) groups is 2. The number of sulfonamides is 2. The van der Waals surface area contributed by atoms with Crippen LogP contribution in [0.15, 0.2) is 45.9 Å². The summed E-state index contributed by atoms with van der Waals surface area (Å²) < 4.78 is 57.7. The molecule has 2 fully saturated rings. The zero-order valence-electron chi connectivity index (χ0n) is 16.7. The molecule has 2 aromatic rings. The summed E-state index contributed by atoms with van der Waals surface area (Å²) in [6, 6.07) is 7.21. The summed E-state index contributed by atoms with van der Waals surface area (Å²) in [4.78, 5) is 25.9. The van der Waals surface area contributed by atoms with Crippen LogP contribution in [-0.4, -0.2) is 69.8 Å². The van der Waals surface area contributed by atoms with Gasteiger partial charge in [-0.15, -0.1) is 0 Å². The van der Waals surface area contributed by atoms with Gasteiger partial charge in [-0.05, 0) is 42.8 Å². The minimum Gasteiger partial charge on any atom is -0.459 e. The van der Waals surface area contributed by atoms with Gasteiger partial charge in [0.1, 0.15) is 0 Å². The third kappa shape index (κ3) is 3.86. The Morgan fingerprint density at radius 3 is 2.35 bits per heavy atom. The molecule has 4 rings (SSSR count). The standard InChI is InChI=1S/C19H21N3O7S2/c1-14-13-15(22-18(23)6-12-30(22,25)26)4-5-17(14)31(27,28)21-9-7-20(8-10-21)19(24)16-3-2-11-29-16/h2-5,11,13H,6-10,12H2,1H3. The van der Waals surface area contributed by atoms with Crippen LogP contribution in [0.4, 0.5) is 5.69 Å². The van der Waals surface area contributed by atoms with Crippen molar-refractivity contribution in [3.05, 3.63) is 47.9 Å². The summed E-state index contributed by atoms with van der Waals surface area (Å²) in [6.45, 7) is 2.23. The zero-order valence-corrected chi connectivity index (χ0v) is 18.4. The molecule has 1 aromatic carbocycles. The molecule has 31 heavy (non-hydrogen) atoms. The zero-order chi connectivity index (χ0) is 22.4. The largest absolute Gasteiger partial charge is 0.459 e. The quantitative estimate of drug-likeness (QED) is 0.651. The average molecular weight is 468 g/mol. The average Bonchev–Trinajstić information content (AvgIpc) is 3.35. The van der Waals surface area contributed by atoms with E-state index in [-0.39, 0.29) is 60.6 Å². The second kappa shape index (κ2) is 7.77. The van der Waals surface area contributed by atoms with Gasteiger partial charge in [0, 0.05) is 32.6 Å². The maximum absolute atomic E-state index is 13.1. The number of benzene rings is 1. The van der Waals surface area contributed by atoms with Gasteiger partial charge in [0.2, 0.25) is 26.0 Å². The highest BCUT2D eigenvalue weighted by Gasteiger charge is 2.37. The maximum atomic E-state index is 13.1. The molecule has 3 heterocycles. The van der Waals surface area contributed by atoms with Crippen LogP contribution in [0.3, 0.4) is 0 Å². The molecular formula is C19H21N3O7S2. The predicted octanol–water partition coefficient (Wildman–Crippen LogP) is 0.801. The molecule has 0 spiro atoms. The molecule has 2 aliphatic rings. The first-order valence-electron chi connectivity index (χ1n) is 9.61. The van der Waals surface area contributed by atoms with Crippen molar-refractivity contribution >= 4 is 37.5 Å². The van der Waals surface area contributed by atoms with Gasteiger partial charge >= 0.3 is 0 Å². The van der Waals surface area contributed by atoms with Crippen molar-refractivity contribution in [3.63, 3.8) is 0 Å². The van der Waals surface area contributed by atoms with Crippen molar-refractivity contribution in [2.24, 2.45) is 0 Å². The Bertz CT molecular complexity index is 1230. The Balaban J connectivity index is 1.52. The molecule has 2 saturated heterocycles. The third-order valence-electron chi connectivity index (χ3n) is 5.35. The number of rotatable bonds is 4. The smallest absolute Gasteiger partial charge is 0.289 e. The number of anilines is 1. The van der Waals surface area contributed by atoms with Gasteiger partial charge in [-0.3, -0.25) is 9.59 Å². The molecule has 2 aliphatic heterocycles. The number of aryl methyl sites for hydroxylation is 1. The molecule has 0 aliphatic carbocycles. The van der Waals surface area contributed by atoms with Crippen LogP contribution in [-0.2, 0) is 24.8 Å². The molecule has 0 N–H and O–H groups in total. The van der Waals surface area contributed by atoms with Crippen LogP contribution in [0.5, 0.6) is 0 Å². The third-order valence-corrected chi connectivity index (χ3v) is 9.10. The summed E-state index contributed by atoms with van der Waals surface area (Å²) in [5.41, 5.74) is 0.467. The summed E-state index contributed by atoms with van der Waals surface area (Å²) in [5.74, 6) is -0.882. The minimum absolute atomic E-state index is 0.0334. The Morgan fingerprint density at radius 2 is 1.81 bits per heavy atom. The molecule has 0 saturated carbocycles. The number of hydrogen-bond donors (Lipinski definition) is 0. The SMILES string of the molecule is Cc1cc(N2C(=O)CCS2(=O)=O)ccc1S(=O)(=O)N1CCN(C(=O)c2ccco2)CC1. The van der Waals surface area contributed by atoms with Crippen molar-refractivity contribution in [3.8, 4) is 0 Å². The lowest BCUT2D eigenvalue weighted by atomic mass is 10.2. The minimum atomic E-state index is -3.86. The molecule has 0 atom stereocenters. The molecule has 12 heteroatoms. The molecule has 2 amide bonds. The van der Waals surface area contributed by atoms with Crippen LogP contribution in [0.2, 0.25) is 0 Å². The summed E-state index contributed by atoms with van der Waals surface area (Å²) in [5, 5.41) is 0. The molecule has 0 bridgehead atoms. The second-order valence-corrected chi connectivity index (χ2v) is 11.2. The van der Waals surface area contributed by atoms with E-state index in [2.05, 4.69) is 0 Å². The Labute approximate surface area is 180 Å². The summed E-state index contributed by atoms with van der Waals surface area (Å²) >= 11 is 0. The fourth-order valence-corrected chi connectivity index (χ4v) is 6.82. The summed E-state index contributed by atoms with van der Waals surface area (Å²) in [7, 11) is -7.59. The van der Waals surface area contributed by atoms with Crippen LogP contribution < -0.4 is 4.31 Å². The molecule has 1 aromatic heterocycles. The number of amides is 2. The highest BCUT2D eigenvalue weighted by molar-refractivity contribution is 7.94. The molecule has 0 radical (unpaired) electrons. The van der Waals surface area contributed by atoms with Gasteiger partial charge in [0.25, 0.3) is 5.91 Å². The van der Waals surface area contributed by atoms with Gasteiger partial charge in [-0.25, -0.2) is 21.1 Å². The van der Waals surface area contributed by atoms with Gasteiger partial charge in [-0.1, -0.05) is 0 Å². The normalized spacial score (nSPS) is 19.7. The van der Waals surface area contributed by atoms with Crippen molar-refractivity contribution < 1.29 is 30.8 Å². The Kier molecular flexibility index (Phi) is 5.40. The van der Waals surface area contributed by atoms with Crippen molar-refractivity contribution in [1.82, 2.24) is 9.21 Å². The van der Waals surface area contributed by atoms with E-state index in [1.54, 1.807) is 19.1 Å². The number of furan rings is 1. The highest BCUT2D eigenvalue weighted by atomic mass is 32.2. The fraction of sp³-hybridized carbons (Fsp3) is 0.368. The number of carbonyl (C=O) groups excluding carboxylic acids is 2. The van der Waals surface area contributed by atoms with Gasteiger partial charge in [-0.2, -0.15) is 4.31 Å². The number of hydrogen-bond acceptors (Lipinski definition) is 7. The first kappa shape index (κ1) is 21.5. The monoisotopic (exact) mass is 467 g/mol. The van der Waals surface area contributed by atoms with Gasteiger partial charge in [0.15, 0.2) is 5.76 Å². The lowest BCUT2D eigenvalue weighted by Crippen LogP contribution is -2.50. The number of nitrogens with zero attached hydrogens (tertiary/aromatic N) is 3. The van der Waals surface area contributed by atoms with E-state index in [4.69, 9.17) is 4.42 Å². The van der Waals surface area contributed by atoms with Gasteiger partial charge in [0.05, 0.1) is 22.6 Å².